The van der Waals surface area contributed by atoms with Crippen LogP contribution in [0, 0.1) is 11.8 Å². The van der Waals surface area contributed by atoms with Gasteiger partial charge in [-0.2, -0.15) is 0 Å². The first-order valence-electron chi connectivity index (χ1n) is 7.99. The van der Waals surface area contributed by atoms with Gasteiger partial charge >= 0.3 is 5.97 Å². The highest BCUT2D eigenvalue weighted by Crippen LogP contribution is 2.24. The summed E-state index contributed by atoms with van der Waals surface area (Å²) < 4.78 is 4.59. The fourth-order valence-corrected chi connectivity index (χ4v) is 2.88. The molecule has 1 unspecified atom stereocenters. The van der Waals surface area contributed by atoms with Gasteiger partial charge in [0.1, 0.15) is 0 Å². The van der Waals surface area contributed by atoms with Crippen LogP contribution >= 0.6 is 0 Å². The number of methoxy groups -OCH3 is 1. The Morgan fingerprint density at radius 2 is 1.86 bits per heavy atom. The topological polar surface area (TPSA) is 75.6 Å². The molecule has 0 aromatic carbocycles. The van der Waals surface area contributed by atoms with E-state index in [4.69, 9.17) is 0 Å². The van der Waals surface area contributed by atoms with Crippen molar-refractivity contribution in [1.29, 1.82) is 0 Å². The minimum Gasteiger partial charge on any atom is -0.469 e. The van der Waals surface area contributed by atoms with Crippen LogP contribution in [0.3, 0.4) is 0 Å². The molecule has 0 spiro atoms. The van der Waals surface area contributed by atoms with E-state index in [0.717, 1.165) is 25.7 Å². The Balaban J connectivity index is 2.59. The van der Waals surface area contributed by atoms with E-state index < -0.39 is 18.1 Å². The SMILES string of the molecule is COC(=O)CC(O)[C@H](CC(C)C)NC(=O)C1CCCCC1. The molecule has 122 valence electrons. The minimum absolute atomic E-state index is 0.0178. The van der Waals surface area contributed by atoms with Crippen molar-refractivity contribution in [3.05, 3.63) is 0 Å². The molecule has 0 heterocycles. The average molecular weight is 299 g/mol. The molecule has 0 aromatic rings. The molecular weight excluding hydrogens is 270 g/mol. The maximum atomic E-state index is 12.3. The van der Waals surface area contributed by atoms with Gasteiger partial charge in [0.15, 0.2) is 0 Å². The lowest BCUT2D eigenvalue weighted by Gasteiger charge is -2.28. The van der Waals surface area contributed by atoms with Crippen molar-refractivity contribution >= 4 is 11.9 Å². The summed E-state index contributed by atoms with van der Waals surface area (Å²) in [7, 11) is 1.30. The lowest BCUT2D eigenvalue weighted by Crippen LogP contribution is -2.47. The molecule has 1 fully saturated rings. The number of nitrogens with one attached hydrogen (secondary N) is 1. The molecule has 21 heavy (non-hydrogen) atoms. The van der Waals surface area contributed by atoms with Crippen molar-refractivity contribution in [2.75, 3.05) is 7.11 Å². The number of rotatable bonds is 7. The predicted octanol–water partition coefficient (Wildman–Crippen LogP) is 2.02. The number of hydrogen-bond donors (Lipinski definition) is 2. The summed E-state index contributed by atoms with van der Waals surface area (Å²) in [5.41, 5.74) is 0. The molecule has 0 radical (unpaired) electrons. The molecule has 0 aromatic heterocycles. The molecule has 2 N–H and O–H groups in total. The lowest BCUT2D eigenvalue weighted by atomic mass is 9.88. The lowest BCUT2D eigenvalue weighted by molar-refractivity contribution is -0.144. The summed E-state index contributed by atoms with van der Waals surface area (Å²) in [6, 6.07) is -0.390. The number of carbonyl (C=O) groups excluding carboxylic acids is 2. The second-order valence-corrected chi connectivity index (χ2v) is 6.43. The highest BCUT2D eigenvalue weighted by atomic mass is 16.5. The van der Waals surface area contributed by atoms with Crippen LogP contribution < -0.4 is 5.32 Å². The third-order valence-electron chi connectivity index (χ3n) is 4.10. The maximum Gasteiger partial charge on any atom is 0.308 e. The standard InChI is InChI=1S/C16H29NO4/c1-11(2)9-13(14(18)10-15(19)21-3)17-16(20)12-7-5-4-6-8-12/h11-14,18H,4-10H2,1-3H3,(H,17,20)/t13-,14?/m0/s1. The Labute approximate surface area is 127 Å². The second-order valence-electron chi connectivity index (χ2n) is 6.43. The first-order valence-corrected chi connectivity index (χ1v) is 7.99. The van der Waals surface area contributed by atoms with Gasteiger partial charge in [-0.05, 0) is 25.2 Å². The fraction of sp³-hybridized carbons (Fsp3) is 0.875. The van der Waals surface area contributed by atoms with Crippen molar-refractivity contribution in [2.24, 2.45) is 11.8 Å². The Morgan fingerprint density at radius 1 is 1.24 bits per heavy atom. The van der Waals surface area contributed by atoms with Crippen LogP contribution in [0.5, 0.6) is 0 Å². The van der Waals surface area contributed by atoms with Gasteiger partial charge in [-0.25, -0.2) is 0 Å². The molecular formula is C16H29NO4. The first-order chi connectivity index (χ1) is 9.93. The first kappa shape index (κ1) is 18.0. The molecule has 0 bridgehead atoms. The average Bonchev–Trinajstić information content (AvgIpc) is 2.46. The normalized spacial score (nSPS) is 19.1. The van der Waals surface area contributed by atoms with Gasteiger partial charge in [0.25, 0.3) is 0 Å². The maximum absolute atomic E-state index is 12.3. The van der Waals surface area contributed by atoms with Crippen LogP contribution in [0.25, 0.3) is 0 Å². The third kappa shape index (κ3) is 6.46. The van der Waals surface area contributed by atoms with E-state index in [-0.39, 0.29) is 18.2 Å². The predicted molar refractivity (Wildman–Crippen MR) is 80.6 cm³/mol. The number of aliphatic hydroxyl groups is 1. The van der Waals surface area contributed by atoms with Crippen LogP contribution in [-0.2, 0) is 14.3 Å². The molecule has 5 heteroatoms. The van der Waals surface area contributed by atoms with Crippen LogP contribution in [0.2, 0.25) is 0 Å². The van der Waals surface area contributed by atoms with Crippen molar-refractivity contribution in [1.82, 2.24) is 5.32 Å². The monoisotopic (exact) mass is 299 g/mol. The molecule has 1 saturated carbocycles. The summed E-state index contributed by atoms with van der Waals surface area (Å²) in [4.78, 5) is 23.6. The van der Waals surface area contributed by atoms with Gasteiger partial charge in [-0.3, -0.25) is 9.59 Å². The number of ether oxygens (including phenoxy) is 1. The quantitative estimate of drug-likeness (QED) is 0.705. The van der Waals surface area contributed by atoms with Crippen molar-refractivity contribution in [3.63, 3.8) is 0 Å². The summed E-state index contributed by atoms with van der Waals surface area (Å²) in [5.74, 6) is -0.0554. The second kappa shape index (κ2) is 9.03. The third-order valence-corrected chi connectivity index (χ3v) is 4.10. The van der Waals surface area contributed by atoms with Crippen LogP contribution in [0.15, 0.2) is 0 Å². The van der Waals surface area contributed by atoms with Crippen LogP contribution in [-0.4, -0.2) is 36.2 Å². The summed E-state index contributed by atoms with van der Waals surface area (Å²) >= 11 is 0. The summed E-state index contributed by atoms with van der Waals surface area (Å²) in [5, 5.41) is 13.1. The Hall–Kier alpha value is -1.10. The van der Waals surface area contributed by atoms with Crippen LogP contribution in [0.4, 0.5) is 0 Å². The molecule has 1 aliphatic rings. The Kier molecular flexibility index (Phi) is 7.72. The van der Waals surface area contributed by atoms with E-state index >= 15 is 0 Å². The van der Waals surface area contributed by atoms with Crippen molar-refractivity contribution < 1.29 is 19.4 Å². The number of hydrogen-bond acceptors (Lipinski definition) is 4. The van der Waals surface area contributed by atoms with Gasteiger partial charge < -0.3 is 15.2 Å². The van der Waals surface area contributed by atoms with E-state index in [2.05, 4.69) is 10.1 Å². The number of esters is 1. The smallest absolute Gasteiger partial charge is 0.308 e. The zero-order valence-electron chi connectivity index (χ0n) is 13.4. The van der Waals surface area contributed by atoms with Gasteiger partial charge in [-0.15, -0.1) is 0 Å². The minimum atomic E-state index is -0.896. The van der Waals surface area contributed by atoms with Gasteiger partial charge in [0, 0.05) is 5.92 Å². The zero-order chi connectivity index (χ0) is 15.8. The Bertz CT molecular complexity index is 337. The largest absolute Gasteiger partial charge is 0.469 e. The highest BCUT2D eigenvalue weighted by Gasteiger charge is 2.28. The molecule has 0 saturated heterocycles. The molecule has 5 nitrogen and oxygen atoms in total. The van der Waals surface area contributed by atoms with E-state index in [1.54, 1.807) is 0 Å². The Morgan fingerprint density at radius 3 is 2.38 bits per heavy atom. The number of carbonyl (C=O) groups is 2. The van der Waals surface area contributed by atoms with E-state index in [9.17, 15) is 14.7 Å². The van der Waals surface area contributed by atoms with Crippen molar-refractivity contribution in [2.45, 2.75) is 70.9 Å². The number of amides is 1. The molecule has 0 aliphatic heterocycles. The zero-order valence-corrected chi connectivity index (χ0v) is 13.4. The van der Waals surface area contributed by atoms with Crippen LogP contribution in [0.1, 0.15) is 58.8 Å². The molecule has 1 rings (SSSR count). The summed E-state index contributed by atoms with van der Waals surface area (Å²) in [6.45, 7) is 4.06. The van der Waals surface area contributed by atoms with Crippen molar-refractivity contribution in [3.8, 4) is 0 Å². The molecule has 1 aliphatic carbocycles. The van der Waals surface area contributed by atoms with Gasteiger partial charge in [0.2, 0.25) is 5.91 Å². The molecule has 1 amide bonds. The number of aliphatic hydroxyl groups excluding tert-OH is 1. The van der Waals surface area contributed by atoms with E-state index in [1.807, 2.05) is 13.8 Å². The van der Waals surface area contributed by atoms with E-state index in [1.165, 1.54) is 13.5 Å². The van der Waals surface area contributed by atoms with E-state index in [0.29, 0.717) is 12.3 Å². The fourth-order valence-electron chi connectivity index (χ4n) is 2.88. The highest BCUT2D eigenvalue weighted by molar-refractivity contribution is 5.79. The summed E-state index contributed by atoms with van der Waals surface area (Å²) in [6.07, 6.45) is 4.91. The van der Waals surface area contributed by atoms with Gasteiger partial charge in [-0.1, -0.05) is 33.1 Å². The molecule has 2 atom stereocenters. The van der Waals surface area contributed by atoms with Gasteiger partial charge in [0.05, 0.1) is 25.7 Å².